The van der Waals surface area contributed by atoms with Gasteiger partial charge in [0.2, 0.25) is 0 Å². The average molecular weight is 354 g/mol. The first kappa shape index (κ1) is 10.8. The molecule has 0 saturated heterocycles. The molecule has 0 radical (unpaired) electrons. The Labute approximate surface area is 115 Å². The molecule has 0 aliphatic heterocycles. The Kier molecular flexibility index (Phi) is 2.67. The van der Waals surface area contributed by atoms with Gasteiger partial charge in [-0.1, -0.05) is 0 Å². The molecule has 3 rings (SSSR count). The van der Waals surface area contributed by atoms with Crippen LogP contribution in [0.3, 0.4) is 0 Å². The fourth-order valence-electron chi connectivity index (χ4n) is 1.49. The van der Waals surface area contributed by atoms with Gasteiger partial charge in [-0.3, -0.25) is 4.98 Å². The van der Waals surface area contributed by atoms with E-state index in [1.54, 1.807) is 23.7 Å². The predicted octanol–water partition coefficient (Wildman–Crippen LogP) is 2.94. The molecule has 3 aromatic rings. The number of halogens is 1. The number of pyridine rings is 1. The van der Waals surface area contributed by atoms with Crippen molar-refractivity contribution in [2.24, 2.45) is 0 Å². The molecule has 3 heterocycles. The first-order valence-electron chi connectivity index (χ1n) is 4.86. The normalized spacial score (nSPS) is 10.9. The maximum atomic E-state index is 5.77. The number of rotatable bonds is 1. The summed E-state index contributed by atoms with van der Waals surface area (Å²) in [5.41, 5.74) is 7.66. The van der Waals surface area contributed by atoms with Crippen LogP contribution in [0.2, 0.25) is 0 Å². The lowest BCUT2D eigenvalue weighted by Crippen LogP contribution is -1.98. The third kappa shape index (κ3) is 1.98. The van der Waals surface area contributed by atoms with Crippen molar-refractivity contribution in [1.29, 1.82) is 0 Å². The number of aromatic nitrogens is 3. The van der Waals surface area contributed by atoms with Crippen LogP contribution >= 0.6 is 33.9 Å². The van der Waals surface area contributed by atoms with Crippen molar-refractivity contribution >= 4 is 50.0 Å². The van der Waals surface area contributed by atoms with Crippen LogP contribution in [0.25, 0.3) is 21.6 Å². The minimum absolute atomic E-state index is 0.502. The molecule has 0 amide bonds. The van der Waals surface area contributed by atoms with E-state index in [-0.39, 0.29) is 0 Å². The van der Waals surface area contributed by atoms with Crippen molar-refractivity contribution in [2.75, 3.05) is 5.73 Å². The van der Waals surface area contributed by atoms with Crippen molar-refractivity contribution in [1.82, 2.24) is 15.0 Å². The first-order valence-corrected chi connectivity index (χ1v) is 6.81. The van der Waals surface area contributed by atoms with E-state index < -0.39 is 0 Å². The van der Waals surface area contributed by atoms with Crippen molar-refractivity contribution in [2.45, 2.75) is 0 Å². The third-order valence-corrected chi connectivity index (χ3v) is 4.02. The van der Waals surface area contributed by atoms with Gasteiger partial charge in [-0.15, -0.1) is 11.3 Å². The maximum absolute atomic E-state index is 5.77. The minimum Gasteiger partial charge on any atom is -0.383 e. The largest absolute Gasteiger partial charge is 0.383 e. The lowest BCUT2D eigenvalue weighted by molar-refractivity contribution is 1.16. The van der Waals surface area contributed by atoms with Crippen molar-refractivity contribution in [3.63, 3.8) is 0 Å². The molecule has 0 aliphatic carbocycles. The Balaban J connectivity index is 2.16. The Bertz CT molecular complexity index is 695. The van der Waals surface area contributed by atoms with Crippen molar-refractivity contribution < 1.29 is 0 Å². The molecule has 0 aliphatic rings. The summed E-state index contributed by atoms with van der Waals surface area (Å²) in [5, 5.41) is 2.02. The summed E-state index contributed by atoms with van der Waals surface area (Å²) >= 11 is 3.76. The summed E-state index contributed by atoms with van der Waals surface area (Å²) in [7, 11) is 0. The number of nitrogen functional groups attached to an aromatic ring is 1. The molecule has 2 N–H and O–H groups in total. The number of nitrogens with zero attached hydrogens (tertiary/aromatic N) is 3. The van der Waals surface area contributed by atoms with Gasteiger partial charge in [0.1, 0.15) is 5.82 Å². The Morgan fingerprint density at radius 3 is 2.94 bits per heavy atom. The molecule has 4 nitrogen and oxygen atoms in total. The Morgan fingerprint density at radius 2 is 2.12 bits per heavy atom. The number of anilines is 1. The summed E-state index contributed by atoms with van der Waals surface area (Å²) in [6.45, 7) is 0. The maximum Gasteiger partial charge on any atom is 0.163 e. The van der Waals surface area contributed by atoms with Crippen LogP contribution in [0, 0.1) is 3.57 Å². The van der Waals surface area contributed by atoms with Gasteiger partial charge in [-0.05, 0) is 40.1 Å². The second-order valence-electron chi connectivity index (χ2n) is 3.45. The fourth-order valence-corrected chi connectivity index (χ4v) is 2.53. The van der Waals surface area contributed by atoms with Gasteiger partial charge in [-0.25, -0.2) is 9.97 Å². The molecular weight excluding hydrogens is 347 g/mol. The van der Waals surface area contributed by atoms with E-state index in [2.05, 4.69) is 37.5 Å². The van der Waals surface area contributed by atoms with Gasteiger partial charge < -0.3 is 5.73 Å². The summed E-state index contributed by atoms with van der Waals surface area (Å²) in [6, 6.07) is 4.03. The van der Waals surface area contributed by atoms with Gasteiger partial charge in [0.25, 0.3) is 0 Å². The SMILES string of the molecule is Nc1nc(-c2cnc3ccsc3c2)ncc1I. The molecule has 0 bridgehead atoms. The zero-order chi connectivity index (χ0) is 11.8. The number of thiophene rings is 1. The molecule has 0 saturated carbocycles. The molecule has 84 valence electrons. The van der Waals surface area contributed by atoms with E-state index in [1.807, 2.05) is 17.5 Å². The molecule has 0 fully saturated rings. The van der Waals surface area contributed by atoms with E-state index in [1.165, 1.54) is 0 Å². The smallest absolute Gasteiger partial charge is 0.163 e. The predicted molar refractivity (Wildman–Crippen MR) is 77.8 cm³/mol. The fraction of sp³-hybridized carbons (Fsp3) is 0. The molecule has 17 heavy (non-hydrogen) atoms. The average Bonchev–Trinajstić information content (AvgIpc) is 2.79. The molecule has 6 heteroatoms. The lowest BCUT2D eigenvalue weighted by Gasteiger charge is -2.02. The van der Waals surface area contributed by atoms with Crippen molar-refractivity contribution in [3.05, 3.63) is 33.5 Å². The topological polar surface area (TPSA) is 64.7 Å². The van der Waals surface area contributed by atoms with Gasteiger partial charge in [0.15, 0.2) is 5.82 Å². The lowest BCUT2D eigenvalue weighted by atomic mass is 10.2. The monoisotopic (exact) mass is 354 g/mol. The summed E-state index contributed by atoms with van der Waals surface area (Å²) < 4.78 is 1.99. The molecule has 0 unspecified atom stereocenters. The van der Waals surface area contributed by atoms with Crippen LogP contribution in [0.15, 0.2) is 29.9 Å². The highest BCUT2D eigenvalue weighted by atomic mass is 127. The standard InChI is InChI=1S/C11H7IN4S/c12-7-5-15-11(16-10(7)13)6-3-9-8(14-4-6)1-2-17-9/h1-5H,(H2,13,15,16). The molecule has 0 aromatic carbocycles. The van der Waals surface area contributed by atoms with Crippen LogP contribution in [-0.2, 0) is 0 Å². The number of hydrogen-bond donors (Lipinski definition) is 1. The van der Waals surface area contributed by atoms with E-state index in [9.17, 15) is 0 Å². The summed E-state index contributed by atoms with van der Waals surface area (Å²) in [6.07, 6.45) is 3.49. The number of hydrogen-bond acceptors (Lipinski definition) is 5. The molecule has 0 spiro atoms. The van der Waals surface area contributed by atoms with Gasteiger partial charge >= 0.3 is 0 Å². The zero-order valence-electron chi connectivity index (χ0n) is 8.59. The third-order valence-electron chi connectivity index (χ3n) is 2.33. The highest BCUT2D eigenvalue weighted by molar-refractivity contribution is 14.1. The summed E-state index contributed by atoms with van der Waals surface area (Å²) in [4.78, 5) is 12.9. The Hall–Kier alpha value is -1.28. The van der Waals surface area contributed by atoms with E-state index >= 15 is 0 Å². The molecule has 0 atom stereocenters. The van der Waals surface area contributed by atoms with Gasteiger partial charge in [0, 0.05) is 18.0 Å². The minimum atomic E-state index is 0.502. The van der Waals surface area contributed by atoms with Gasteiger partial charge in [-0.2, -0.15) is 0 Å². The molecular formula is C11H7IN4S. The molecule has 3 aromatic heterocycles. The van der Waals surface area contributed by atoms with Crippen LogP contribution in [-0.4, -0.2) is 15.0 Å². The van der Waals surface area contributed by atoms with Crippen LogP contribution < -0.4 is 5.73 Å². The number of nitrogens with two attached hydrogens (primary N) is 1. The highest BCUT2D eigenvalue weighted by Crippen LogP contribution is 2.24. The quantitative estimate of drug-likeness (QED) is 0.683. The second kappa shape index (κ2) is 4.19. The van der Waals surface area contributed by atoms with Crippen LogP contribution in [0.4, 0.5) is 5.82 Å². The highest BCUT2D eigenvalue weighted by Gasteiger charge is 2.06. The summed E-state index contributed by atoms with van der Waals surface area (Å²) in [5.74, 6) is 1.12. The first-order chi connectivity index (χ1) is 8.24. The van der Waals surface area contributed by atoms with E-state index in [0.717, 1.165) is 19.4 Å². The van der Waals surface area contributed by atoms with Crippen molar-refractivity contribution in [3.8, 4) is 11.4 Å². The van der Waals surface area contributed by atoms with E-state index in [4.69, 9.17) is 5.73 Å². The van der Waals surface area contributed by atoms with Crippen LogP contribution in [0.1, 0.15) is 0 Å². The second-order valence-corrected chi connectivity index (χ2v) is 5.56. The number of fused-ring (bicyclic) bond motifs is 1. The van der Waals surface area contributed by atoms with Crippen LogP contribution in [0.5, 0.6) is 0 Å². The zero-order valence-corrected chi connectivity index (χ0v) is 11.6. The van der Waals surface area contributed by atoms with E-state index in [0.29, 0.717) is 11.6 Å². The Morgan fingerprint density at radius 1 is 1.24 bits per heavy atom. The van der Waals surface area contributed by atoms with Gasteiger partial charge in [0.05, 0.1) is 13.8 Å².